The number of nitrogens with two attached hydrogens (primary N) is 1. The Morgan fingerprint density at radius 3 is 2.81 bits per heavy atom. The van der Waals surface area contributed by atoms with Crippen LogP contribution < -0.4 is 11.1 Å². The number of rotatable bonds is 6. The zero-order chi connectivity index (χ0) is 15.2. The van der Waals surface area contributed by atoms with Crippen LogP contribution in [0.5, 0.6) is 0 Å². The van der Waals surface area contributed by atoms with Crippen LogP contribution in [0.15, 0.2) is 30.3 Å². The number of hydrogen-bond acceptors (Lipinski definition) is 6. The van der Waals surface area contributed by atoms with E-state index >= 15 is 0 Å². The first kappa shape index (κ1) is 15.3. The van der Waals surface area contributed by atoms with Gasteiger partial charge in [0.05, 0.1) is 7.11 Å². The van der Waals surface area contributed by atoms with Gasteiger partial charge in [0.2, 0.25) is 0 Å². The molecule has 0 saturated carbocycles. The number of nitrogens with one attached hydrogen (secondary N) is 1. The highest BCUT2D eigenvalue weighted by Crippen LogP contribution is 2.28. The molecule has 0 aliphatic rings. The van der Waals surface area contributed by atoms with Gasteiger partial charge >= 0.3 is 5.97 Å². The fourth-order valence-electron chi connectivity index (χ4n) is 2.02. The zero-order valence-electron chi connectivity index (χ0n) is 12.1. The first-order valence-corrected chi connectivity index (χ1v) is 7.53. The molecule has 21 heavy (non-hydrogen) atoms. The topological polar surface area (TPSA) is 77.2 Å². The molecule has 1 unspecified atom stereocenters. The normalized spacial score (nSPS) is 11.9. The Balaban J connectivity index is 1.97. The molecule has 3 N–H and O–H groups in total. The fraction of sp³-hybridized carbons (Fsp3) is 0.333. The van der Waals surface area contributed by atoms with Crippen molar-refractivity contribution in [2.24, 2.45) is 0 Å². The molecule has 1 heterocycles. The molecule has 6 heteroatoms. The number of ether oxygens (including phenoxy) is 1. The monoisotopic (exact) mass is 305 g/mol. The van der Waals surface area contributed by atoms with E-state index in [4.69, 9.17) is 10.5 Å². The highest BCUT2D eigenvalue weighted by Gasteiger charge is 2.20. The van der Waals surface area contributed by atoms with Crippen LogP contribution in [0.1, 0.15) is 29.3 Å². The Bertz CT molecular complexity index is 598. The minimum absolute atomic E-state index is 0.202. The highest BCUT2D eigenvalue weighted by molar-refractivity contribution is 7.11. The fourth-order valence-corrected chi connectivity index (χ4v) is 2.84. The molecule has 112 valence electrons. The molecule has 1 aromatic heterocycles. The smallest absolute Gasteiger partial charge is 0.344 e. The Morgan fingerprint density at radius 1 is 1.43 bits per heavy atom. The Hall–Kier alpha value is -2.08. The van der Waals surface area contributed by atoms with Crippen molar-refractivity contribution >= 4 is 28.3 Å². The second-order valence-corrected chi connectivity index (χ2v) is 5.61. The summed E-state index contributed by atoms with van der Waals surface area (Å²) >= 11 is 1.18. The minimum atomic E-state index is -0.459. The number of esters is 1. The van der Waals surface area contributed by atoms with Gasteiger partial charge in [0, 0.05) is 6.04 Å². The third-order valence-electron chi connectivity index (χ3n) is 3.19. The van der Waals surface area contributed by atoms with E-state index < -0.39 is 5.97 Å². The standard InChI is InChI=1S/C15H19N3O2S/c1-10(8-9-11-6-4-3-5-7-11)17-14-12(15(19)20-2)13(16)18-21-14/h3-7,10,17H,8-9H2,1-2H3,(H2,16,18). The lowest BCUT2D eigenvalue weighted by Crippen LogP contribution is -2.17. The molecule has 0 saturated heterocycles. The maximum absolute atomic E-state index is 11.7. The van der Waals surface area contributed by atoms with Gasteiger partial charge in [-0.3, -0.25) is 0 Å². The second kappa shape index (κ2) is 7.08. The maximum Gasteiger partial charge on any atom is 0.344 e. The molecule has 0 radical (unpaired) electrons. The van der Waals surface area contributed by atoms with Crippen LogP contribution in [0.2, 0.25) is 0 Å². The van der Waals surface area contributed by atoms with E-state index in [0.29, 0.717) is 10.6 Å². The second-order valence-electron chi connectivity index (χ2n) is 4.83. The number of nitrogen functional groups attached to an aromatic ring is 1. The summed E-state index contributed by atoms with van der Waals surface area (Å²) < 4.78 is 8.75. The van der Waals surface area contributed by atoms with E-state index in [1.54, 1.807) is 0 Å². The third-order valence-corrected chi connectivity index (χ3v) is 3.99. The zero-order valence-corrected chi connectivity index (χ0v) is 12.9. The summed E-state index contributed by atoms with van der Waals surface area (Å²) in [5.41, 5.74) is 7.34. The van der Waals surface area contributed by atoms with Gasteiger partial charge in [-0.05, 0) is 36.9 Å². The summed E-state index contributed by atoms with van der Waals surface area (Å²) in [7, 11) is 1.34. The molecule has 0 bridgehead atoms. The minimum Gasteiger partial charge on any atom is -0.465 e. The molecule has 2 aromatic rings. The predicted molar refractivity (Wildman–Crippen MR) is 85.7 cm³/mol. The molecule has 0 aliphatic carbocycles. The summed E-state index contributed by atoms with van der Waals surface area (Å²) in [6, 6.07) is 10.5. The summed E-state index contributed by atoms with van der Waals surface area (Å²) in [5.74, 6) is -0.247. The summed E-state index contributed by atoms with van der Waals surface area (Å²) in [5, 5.41) is 3.96. The Morgan fingerprint density at radius 2 is 2.14 bits per heavy atom. The van der Waals surface area contributed by atoms with Crippen LogP contribution in [0, 0.1) is 0 Å². The maximum atomic E-state index is 11.7. The molecule has 0 spiro atoms. The number of hydrogen-bond donors (Lipinski definition) is 2. The van der Waals surface area contributed by atoms with Crippen molar-refractivity contribution in [3.8, 4) is 0 Å². The van der Waals surface area contributed by atoms with E-state index in [-0.39, 0.29) is 11.9 Å². The van der Waals surface area contributed by atoms with Crippen LogP contribution in [0.25, 0.3) is 0 Å². The summed E-state index contributed by atoms with van der Waals surface area (Å²) in [6.07, 6.45) is 1.92. The molecular weight excluding hydrogens is 286 g/mol. The number of aryl methyl sites for hydroxylation is 1. The molecule has 1 atom stereocenters. The van der Waals surface area contributed by atoms with E-state index in [2.05, 4.69) is 28.7 Å². The Labute approximate surface area is 128 Å². The van der Waals surface area contributed by atoms with E-state index in [1.165, 1.54) is 24.2 Å². The average molecular weight is 305 g/mol. The van der Waals surface area contributed by atoms with E-state index in [9.17, 15) is 4.79 Å². The van der Waals surface area contributed by atoms with Crippen molar-refractivity contribution in [2.75, 3.05) is 18.2 Å². The lowest BCUT2D eigenvalue weighted by atomic mass is 10.1. The van der Waals surface area contributed by atoms with Gasteiger partial charge in [0.1, 0.15) is 10.6 Å². The number of anilines is 2. The molecule has 0 fully saturated rings. The number of aromatic nitrogens is 1. The highest BCUT2D eigenvalue weighted by atomic mass is 32.1. The van der Waals surface area contributed by atoms with Crippen molar-refractivity contribution in [2.45, 2.75) is 25.8 Å². The van der Waals surface area contributed by atoms with Gasteiger partial charge in [-0.25, -0.2) is 4.79 Å². The number of carbonyl (C=O) groups excluding carboxylic acids is 1. The predicted octanol–water partition coefficient (Wildman–Crippen LogP) is 2.95. The van der Waals surface area contributed by atoms with Crippen molar-refractivity contribution < 1.29 is 9.53 Å². The van der Waals surface area contributed by atoms with Crippen LogP contribution in [0.4, 0.5) is 10.8 Å². The van der Waals surface area contributed by atoms with Crippen LogP contribution in [0.3, 0.4) is 0 Å². The number of benzene rings is 1. The quantitative estimate of drug-likeness (QED) is 0.802. The van der Waals surface area contributed by atoms with E-state index in [1.807, 2.05) is 18.2 Å². The largest absolute Gasteiger partial charge is 0.465 e. The SMILES string of the molecule is COC(=O)c1c(N)nsc1NC(C)CCc1ccccc1. The van der Waals surface area contributed by atoms with Crippen LogP contribution in [-0.4, -0.2) is 23.5 Å². The van der Waals surface area contributed by atoms with Crippen molar-refractivity contribution in [1.29, 1.82) is 0 Å². The van der Waals surface area contributed by atoms with Crippen molar-refractivity contribution in [3.05, 3.63) is 41.5 Å². The lowest BCUT2D eigenvalue weighted by molar-refractivity contribution is 0.0603. The number of methoxy groups -OCH3 is 1. The van der Waals surface area contributed by atoms with Crippen molar-refractivity contribution in [3.63, 3.8) is 0 Å². The van der Waals surface area contributed by atoms with Gasteiger partial charge < -0.3 is 15.8 Å². The summed E-state index contributed by atoms with van der Waals surface area (Å²) in [4.78, 5) is 11.7. The number of nitrogens with zero attached hydrogens (tertiary/aromatic N) is 1. The Kier molecular flexibility index (Phi) is 5.16. The average Bonchev–Trinajstić information content (AvgIpc) is 2.86. The van der Waals surface area contributed by atoms with Gasteiger partial charge in [-0.15, -0.1) is 0 Å². The molecule has 2 rings (SSSR count). The third kappa shape index (κ3) is 3.95. The molecule has 0 amide bonds. The molecule has 5 nitrogen and oxygen atoms in total. The first-order chi connectivity index (χ1) is 10.1. The molecule has 1 aromatic carbocycles. The first-order valence-electron chi connectivity index (χ1n) is 6.75. The van der Waals surface area contributed by atoms with Gasteiger partial charge in [-0.2, -0.15) is 4.37 Å². The van der Waals surface area contributed by atoms with Gasteiger partial charge in [-0.1, -0.05) is 30.3 Å². The number of carbonyl (C=O) groups is 1. The van der Waals surface area contributed by atoms with Gasteiger partial charge in [0.15, 0.2) is 5.82 Å². The van der Waals surface area contributed by atoms with Crippen LogP contribution in [-0.2, 0) is 11.2 Å². The van der Waals surface area contributed by atoms with Gasteiger partial charge in [0.25, 0.3) is 0 Å². The molecular formula is C15H19N3O2S. The van der Waals surface area contributed by atoms with E-state index in [0.717, 1.165) is 12.8 Å². The summed E-state index contributed by atoms with van der Waals surface area (Å²) in [6.45, 7) is 2.07. The molecule has 0 aliphatic heterocycles. The lowest BCUT2D eigenvalue weighted by Gasteiger charge is -2.14. The van der Waals surface area contributed by atoms with Crippen molar-refractivity contribution in [1.82, 2.24) is 4.37 Å². The van der Waals surface area contributed by atoms with Crippen LogP contribution >= 0.6 is 11.5 Å².